The molecular weight excluding hydrogens is 409 g/mol. The number of carbonyl (C=O) groups is 2. The van der Waals surface area contributed by atoms with E-state index in [1.165, 1.54) is 6.42 Å². The van der Waals surface area contributed by atoms with Gasteiger partial charge in [-0.1, -0.05) is 0 Å². The second kappa shape index (κ2) is 10.8. The van der Waals surface area contributed by atoms with Gasteiger partial charge in [0, 0.05) is 0 Å². The number of nitrogens with one attached hydrogen (secondary N) is 1. The third kappa shape index (κ3) is 6.54. The van der Waals surface area contributed by atoms with Crippen molar-refractivity contribution in [3.05, 3.63) is 59.2 Å². The predicted octanol–water partition coefficient (Wildman–Crippen LogP) is 4.93. The van der Waals surface area contributed by atoms with Crippen LogP contribution in [0.4, 0.5) is 5.69 Å². The SMILES string of the molecule is COc1cc(C)c(NC(=O)C[PH]2(CC(=O)OCc3ccccc3)CCCCC2)c(C)c1. The Bertz CT molecular complexity index is 884. The zero-order chi connectivity index (χ0) is 22.3. The Kier molecular flexibility index (Phi) is 8.09. The van der Waals surface area contributed by atoms with Crippen LogP contribution in [0.5, 0.6) is 5.75 Å². The molecule has 0 aromatic heterocycles. The van der Waals surface area contributed by atoms with E-state index >= 15 is 0 Å². The molecule has 1 aliphatic rings. The fourth-order valence-electron chi connectivity index (χ4n) is 4.58. The number of methoxy groups -OCH3 is 1. The molecule has 3 rings (SSSR count). The Balaban J connectivity index is 1.65. The second-order valence-electron chi connectivity index (χ2n) is 8.74. The summed E-state index contributed by atoms with van der Waals surface area (Å²) in [5, 5.41) is 3.12. The zero-order valence-electron chi connectivity index (χ0n) is 18.8. The molecule has 168 valence electrons. The van der Waals surface area contributed by atoms with E-state index in [0.29, 0.717) is 18.9 Å². The number of benzene rings is 2. The Morgan fingerprint density at radius 3 is 2.23 bits per heavy atom. The van der Waals surface area contributed by atoms with Gasteiger partial charge >= 0.3 is 186 Å². The van der Waals surface area contributed by atoms with Crippen LogP contribution >= 0.6 is 7.26 Å². The summed E-state index contributed by atoms with van der Waals surface area (Å²) < 4.78 is 10.9. The fraction of sp³-hybridized carbons (Fsp3) is 0.440. The van der Waals surface area contributed by atoms with Crippen molar-refractivity contribution in [2.24, 2.45) is 0 Å². The van der Waals surface area contributed by atoms with Crippen LogP contribution in [0.3, 0.4) is 0 Å². The molecule has 6 heteroatoms. The molecule has 5 nitrogen and oxygen atoms in total. The molecule has 31 heavy (non-hydrogen) atoms. The molecule has 1 saturated heterocycles. The van der Waals surface area contributed by atoms with Crippen LogP contribution in [0.1, 0.15) is 36.0 Å². The molecule has 2 aromatic rings. The third-order valence-electron chi connectivity index (χ3n) is 6.22. The molecule has 0 atom stereocenters. The number of rotatable bonds is 8. The average molecular weight is 444 g/mol. The van der Waals surface area contributed by atoms with Gasteiger partial charge in [0.25, 0.3) is 0 Å². The minimum absolute atomic E-state index is 0.0146. The molecular formula is C25H34NO4P. The van der Waals surface area contributed by atoms with E-state index in [9.17, 15) is 9.59 Å². The molecule has 0 aliphatic carbocycles. The van der Waals surface area contributed by atoms with Crippen molar-refractivity contribution in [1.29, 1.82) is 0 Å². The van der Waals surface area contributed by atoms with E-state index in [1.807, 2.05) is 56.3 Å². The van der Waals surface area contributed by atoms with E-state index in [2.05, 4.69) is 5.32 Å². The van der Waals surface area contributed by atoms with Crippen LogP contribution < -0.4 is 10.1 Å². The molecule has 2 aromatic carbocycles. The van der Waals surface area contributed by atoms with Gasteiger partial charge in [-0.25, -0.2) is 0 Å². The molecule has 0 spiro atoms. The van der Waals surface area contributed by atoms with Gasteiger partial charge in [-0.05, 0) is 0 Å². The maximum absolute atomic E-state index is 13.0. The van der Waals surface area contributed by atoms with E-state index < -0.39 is 7.26 Å². The first-order valence-electron chi connectivity index (χ1n) is 11.1. The number of ether oxygens (including phenoxy) is 2. The molecule has 1 aliphatic heterocycles. The summed E-state index contributed by atoms with van der Waals surface area (Å²) in [4.78, 5) is 25.7. The van der Waals surface area contributed by atoms with Crippen molar-refractivity contribution in [1.82, 2.24) is 0 Å². The molecule has 0 unspecified atom stereocenters. The summed E-state index contributed by atoms with van der Waals surface area (Å²) >= 11 is 0. The van der Waals surface area contributed by atoms with E-state index in [1.54, 1.807) is 7.11 Å². The van der Waals surface area contributed by atoms with E-state index in [-0.39, 0.29) is 11.9 Å². The average Bonchev–Trinajstić information content (AvgIpc) is 2.76. The van der Waals surface area contributed by atoms with Crippen molar-refractivity contribution in [2.45, 2.75) is 39.7 Å². The molecule has 0 radical (unpaired) electrons. The number of hydrogen-bond donors (Lipinski definition) is 1. The molecule has 1 N–H and O–H groups in total. The summed E-state index contributed by atoms with van der Waals surface area (Å²) in [5.74, 6) is 0.634. The summed E-state index contributed by atoms with van der Waals surface area (Å²) in [6.07, 6.45) is 6.32. The van der Waals surface area contributed by atoms with Crippen LogP contribution in [-0.4, -0.2) is 43.6 Å². The first kappa shape index (κ1) is 23.3. The van der Waals surface area contributed by atoms with Crippen molar-refractivity contribution in [3.8, 4) is 5.75 Å². The van der Waals surface area contributed by atoms with Gasteiger partial charge in [-0.15, -0.1) is 0 Å². The molecule has 1 amide bonds. The van der Waals surface area contributed by atoms with Gasteiger partial charge in [0.1, 0.15) is 0 Å². The van der Waals surface area contributed by atoms with Crippen LogP contribution in [-0.2, 0) is 20.9 Å². The Hall–Kier alpha value is -2.39. The predicted molar refractivity (Wildman–Crippen MR) is 129 cm³/mol. The topological polar surface area (TPSA) is 64.6 Å². The normalized spacial score (nSPS) is 16.2. The quantitative estimate of drug-likeness (QED) is 0.464. The Labute approximate surface area is 185 Å². The van der Waals surface area contributed by atoms with E-state index in [4.69, 9.17) is 9.47 Å². The minimum atomic E-state index is -2.06. The van der Waals surface area contributed by atoms with E-state index in [0.717, 1.165) is 53.3 Å². The standard InChI is InChI=1S/C25H34NO4P/c1-19-14-22(29-3)15-20(2)25(19)26-23(27)17-31(12-8-5-9-13-31)18-24(28)30-16-21-10-6-4-7-11-21/h4,6-7,10-11,14-15,31H,5,8-9,12-13,16-18H2,1-3H3,(H,26,27). The summed E-state index contributed by atoms with van der Waals surface area (Å²) in [6.45, 7) is 4.24. The molecule has 0 saturated carbocycles. The summed E-state index contributed by atoms with van der Waals surface area (Å²) in [7, 11) is -0.424. The molecule has 0 bridgehead atoms. The molecule has 1 heterocycles. The van der Waals surface area contributed by atoms with Crippen LogP contribution in [0.25, 0.3) is 0 Å². The van der Waals surface area contributed by atoms with Gasteiger partial charge in [-0.3, -0.25) is 0 Å². The Morgan fingerprint density at radius 1 is 0.968 bits per heavy atom. The number of aryl methyl sites for hydroxylation is 2. The van der Waals surface area contributed by atoms with Crippen molar-refractivity contribution in [2.75, 3.05) is 37.1 Å². The fourth-order valence-corrected chi connectivity index (χ4v) is 9.14. The number of hydrogen-bond acceptors (Lipinski definition) is 4. The number of esters is 1. The summed E-state index contributed by atoms with van der Waals surface area (Å²) in [6, 6.07) is 13.6. The van der Waals surface area contributed by atoms with Gasteiger partial charge in [0.05, 0.1) is 0 Å². The monoisotopic (exact) mass is 443 g/mol. The maximum atomic E-state index is 13.0. The van der Waals surface area contributed by atoms with Crippen LogP contribution in [0.2, 0.25) is 0 Å². The van der Waals surface area contributed by atoms with Gasteiger partial charge in [-0.2, -0.15) is 0 Å². The van der Waals surface area contributed by atoms with Crippen molar-refractivity contribution < 1.29 is 19.1 Å². The first-order valence-corrected chi connectivity index (χ1v) is 13.9. The van der Waals surface area contributed by atoms with Crippen LogP contribution in [0, 0.1) is 13.8 Å². The van der Waals surface area contributed by atoms with Gasteiger partial charge in [0.15, 0.2) is 0 Å². The van der Waals surface area contributed by atoms with Crippen molar-refractivity contribution >= 4 is 24.8 Å². The number of anilines is 1. The zero-order valence-corrected chi connectivity index (χ0v) is 19.8. The second-order valence-corrected chi connectivity index (χ2v) is 13.5. The third-order valence-corrected chi connectivity index (χ3v) is 11.2. The van der Waals surface area contributed by atoms with Gasteiger partial charge < -0.3 is 0 Å². The van der Waals surface area contributed by atoms with Gasteiger partial charge in [0.2, 0.25) is 0 Å². The number of amides is 1. The number of carbonyl (C=O) groups excluding carboxylic acids is 2. The Morgan fingerprint density at radius 2 is 1.61 bits per heavy atom. The summed E-state index contributed by atoms with van der Waals surface area (Å²) in [5.41, 5.74) is 3.79. The first-order chi connectivity index (χ1) is 14.9. The van der Waals surface area contributed by atoms with Crippen LogP contribution in [0.15, 0.2) is 42.5 Å². The molecule has 1 fully saturated rings. The van der Waals surface area contributed by atoms with Crippen molar-refractivity contribution in [3.63, 3.8) is 0 Å².